The lowest BCUT2D eigenvalue weighted by Gasteiger charge is -2.25. The first kappa shape index (κ1) is 28.4. The van der Waals surface area contributed by atoms with Gasteiger partial charge in [0.2, 0.25) is 0 Å². The minimum absolute atomic E-state index is 0.000742. The van der Waals surface area contributed by atoms with Crippen LogP contribution in [0.5, 0.6) is 0 Å². The maximum atomic E-state index is 13.8. The Morgan fingerprint density at radius 3 is 2.19 bits per heavy atom. The summed E-state index contributed by atoms with van der Waals surface area (Å²) in [4.78, 5) is 12.9. The average Bonchev–Trinajstić information content (AvgIpc) is 2.82. The summed E-state index contributed by atoms with van der Waals surface area (Å²) in [7, 11) is -3.22. The van der Waals surface area contributed by atoms with Gasteiger partial charge in [-0.15, -0.1) is 0 Å². The van der Waals surface area contributed by atoms with Crippen LogP contribution >= 0.6 is 0 Å². The molecule has 0 aliphatic carbocycles. The molecular weight excluding hydrogens is 498 g/mol. The van der Waals surface area contributed by atoms with Crippen LogP contribution in [0, 0.1) is 11.6 Å². The molecule has 3 rings (SSSR count). The van der Waals surface area contributed by atoms with Crippen molar-refractivity contribution in [3.8, 4) is 0 Å². The van der Waals surface area contributed by atoms with Gasteiger partial charge in [0.05, 0.1) is 17.9 Å². The lowest BCUT2D eigenvalue weighted by Crippen LogP contribution is -2.48. The number of carbonyl (C=O) groups is 1. The summed E-state index contributed by atoms with van der Waals surface area (Å²) in [6, 6.07) is 16.4. The maximum Gasteiger partial charge on any atom is 0.251 e. The molecule has 9 heteroatoms. The third kappa shape index (κ3) is 9.35. The second-order valence-electron chi connectivity index (χ2n) is 9.20. The van der Waals surface area contributed by atoms with Crippen LogP contribution in [0.4, 0.5) is 8.78 Å². The smallest absolute Gasteiger partial charge is 0.251 e. The molecule has 3 aromatic carbocycles. The van der Waals surface area contributed by atoms with E-state index in [-0.39, 0.29) is 24.3 Å². The molecule has 0 aromatic heterocycles. The number of aliphatic hydroxyl groups excluding tert-OH is 1. The van der Waals surface area contributed by atoms with Crippen LogP contribution in [-0.2, 0) is 35.0 Å². The molecule has 0 heterocycles. The van der Waals surface area contributed by atoms with Crippen molar-refractivity contribution >= 4 is 15.7 Å². The van der Waals surface area contributed by atoms with Crippen molar-refractivity contribution in [2.24, 2.45) is 0 Å². The average molecular weight is 531 g/mol. The highest BCUT2D eigenvalue weighted by Crippen LogP contribution is 2.14. The van der Waals surface area contributed by atoms with Crippen LogP contribution in [-0.4, -0.2) is 44.4 Å². The number of benzene rings is 3. The topological polar surface area (TPSA) is 95.5 Å². The number of hydrogen-bond acceptors (Lipinski definition) is 5. The summed E-state index contributed by atoms with van der Waals surface area (Å²) >= 11 is 0. The van der Waals surface area contributed by atoms with Crippen LogP contribution in [0.15, 0.2) is 66.7 Å². The molecule has 6 nitrogen and oxygen atoms in total. The molecule has 0 aliphatic rings. The molecule has 0 spiro atoms. The van der Waals surface area contributed by atoms with Gasteiger partial charge in [-0.25, -0.2) is 17.2 Å². The van der Waals surface area contributed by atoms with E-state index in [1.165, 1.54) is 29.8 Å². The lowest BCUT2D eigenvalue weighted by molar-refractivity contribution is 0.0830. The van der Waals surface area contributed by atoms with Gasteiger partial charge in [-0.3, -0.25) is 4.79 Å². The summed E-state index contributed by atoms with van der Waals surface area (Å²) in [5.41, 5.74) is 3.35. The van der Waals surface area contributed by atoms with Crippen LogP contribution in [0.25, 0.3) is 0 Å². The third-order valence-corrected chi connectivity index (χ3v) is 6.74. The van der Waals surface area contributed by atoms with Gasteiger partial charge in [0.25, 0.3) is 5.91 Å². The molecule has 3 N–H and O–H groups in total. The first-order valence-electron chi connectivity index (χ1n) is 12.0. The van der Waals surface area contributed by atoms with Gasteiger partial charge >= 0.3 is 0 Å². The number of aryl methyl sites for hydroxylation is 1. The van der Waals surface area contributed by atoms with Crippen LogP contribution in [0.2, 0.25) is 0 Å². The molecule has 0 unspecified atom stereocenters. The Bertz CT molecular complexity index is 1290. The minimum Gasteiger partial charge on any atom is -0.390 e. The van der Waals surface area contributed by atoms with Gasteiger partial charge in [0.15, 0.2) is 9.84 Å². The number of rotatable bonds is 12. The predicted molar refractivity (Wildman–Crippen MR) is 140 cm³/mol. The molecule has 37 heavy (non-hydrogen) atoms. The summed E-state index contributed by atoms with van der Waals surface area (Å²) in [6.45, 7) is 2.70. The second-order valence-corrected chi connectivity index (χ2v) is 11.3. The molecule has 1 amide bonds. The zero-order chi connectivity index (χ0) is 27.0. The Kier molecular flexibility index (Phi) is 9.91. The number of halogens is 2. The molecule has 2 atom stereocenters. The number of carbonyl (C=O) groups excluding carboxylic acids is 1. The Hall–Kier alpha value is -3.14. The largest absolute Gasteiger partial charge is 0.390 e. The lowest BCUT2D eigenvalue weighted by atomic mass is 10.00. The summed E-state index contributed by atoms with van der Waals surface area (Å²) in [5.74, 6) is -2.13. The molecule has 0 saturated carbocycles. The Morgan fingerprint density at radius 2 is 1.57 bits per heavy atom. The van der Waals surface area contributed by atoms with E-state index in [1.807, 2.05) is 18.2 Å². The maximum absolute atomic E-state index is 13.8. The van der Waals surface area contributed by atoms with Crippen molar-refractivity contribution in [3.63, 3.8) is 0 Å². The van der Waals surface area contributed by atoms with Crippen molar-refractivity contribution in [2.45, 2.75) is 44.2 Å². The van der Waals surface area contributed by atoms with E-state index in [0.717, 1.165) is 24.3 Å². The molecule has 3 aromatic rings. The number of sulfone groups is 1. The van der Waals surface area contributed by atoms with Crippen LogP contribution < -0.4 is 10.6 Å². The second kappa shape index (κ2) is 12.9. The quantitative estimate of drug-likeness (QED) is 0.333. The number of hydrogen-bond donors (Lipinski definition) is 3. The predicted octanol–water partition coefficient (Wildman–Crippen LogP) is 3.56. The van der Waals surface area contributed by atoms with Crippen molar-refractivity contribution in [1.82, 2.24) is 10.6 Å². The first-order valence-corrected chi connectivity index (χ1v) is 14.1. The highest BCUT2D eigenvalue weighted by molar-refractivity contribution is 7.89. The van der Waals surface area contributed by atoms with Gasteiger partial charge in [0, 0.05) is 31.0 Å². The molecule has 0 bridgehead atoms. The van der Waals surface area contributed by atoms with Gasteiger partial charge in [-0.1, -0.05) is 43.3 Å². The minimum atomic E-state index is -3.22. The van der Waals surface area contributed by atoms with E-state index >= 15 is 0 Å². The molecule has 198 valence electrons. The molecular formula is C28H32F2N2O4S. The van der Waals surface area contributed by atoms with Crippen molar-refractivity contribution in [3.05, 3.63) is 106 Å². The molecule has 0 aliphatic heterocycles. The first-order chi connectivity index (χ1) is 17.5. The van der Waals surface area contributed by atoms with Gasteiger partial charge in [0.1, 0.15) is 11.6 Å². The van der Waals surface area contributed by atoms with E-state index in [1.54, 1.807) is 12.1 Å². The Balaban J connectivity index is 1.71. The summed E-state index contributed by atoms with van der Waals surface area (Å²) < 4.78 is 50.5. The van der Waals surface area contributed by atoms with E-state index in [9.17, 15) is 27.1 Å². The standard InChI is InChI=1S/C28H32F2N2O4S/c1-3-19-5-4-6-21(11-19)16-31-17-27(33)26(14-22-12-24(29)15-25(30)13-22)32-28(34)23-9-7-20(8-10-23)18-37(2,35)36/h4-13,15,26-27,31,33H,3,14,16-18H2,1-2H3,(H,32,34)/t26-,27+/m0/s1. The highest BCUT2D eigenvalue weighted by atomic mass is 32.2. The number of nitrogens with one attached hydrogen (secondary N) is 2. The van der Waals surface area contributed by atoms with Gasteiger partial charge in [-0.05, 0) is 59.4 Å². The van der Waals surface area contributed by atoms with Crippen molar-refractivity contribution < 1.29 is 27.1 Å². The highest BCUT2D eigenvalue weighted by Gasteiger charge is 2.23. The van der Waals surface area contributed by atoms with Crippen molar-refractivity contribution in [1.29, 1.82) is 0 Å². The number of aliphatic hydroxyl groups is 1. The number of amides is 1. The molecule has 0 radical (unpaired) electrons. The normalized spacial score (nSPS) is 13.2. The zero-order valence-corrected chi connectivity index (χ0v) is 21.7. The zero-order valence-electron chi connectivity index (χ0n) is 20.9. The Morgan fingerprint density at radius 1 is 0.919 bits per heavy atom. The fraction of sp³-hybridized carbons (Fsp3) is 0.321. The monoisotopic (exact) mass is 530 g/mol. The Labute approximate surface area is 216 Å². The summed E-state index contributed by atoms with van der Waals surface area (Å²) in [6.07, 6.45) is 0.975. The van der Waals surface area contributed by atoms with Gasteiger partial charge < -0.3 is 15.7 Å². The van der Waals surface area contributed by atoms with Crippen molar-refractivity contribution in [2.75, 3.05) is 12.8 Å². The molecule has 0 saturated heterocycles. The molecule has 0 fully saturated rings. The van der Waals surface area contributed by atoms with E-state index in [4.69, 9.17) is 0 Å². The summed E-state index contributed by atoms with van der Waals surface area (Å²) in [5, 5.41) is 16.9. The van der Waals surface area contributed by atoms with E-state index < -0.39 is 39.5 Å². The van der Waals surface area contributed by atoms with E-state index in [0.29, 0.717) is 17.7 Å². The SMILES string of the molecule is CCc1cccc(CNC[C@@H](O)[C@H](Cc2cc(F)cc(F)c2)NC(=O)c2ccc(CS(C)(=O)=O)cc2)c1. The fourth-order valence-corrected chi connectivity index (χ4v) is 4.84. The van der Waals surface area contributed by atoms with Crippen LogP contribution in [0.1, 0.15) is 39.5 Å². The van der Waals surface area contributed by atoms with Crippen LogP contribution in [0.3, 0.4) is 0 Å². The fourth-order valence-electron chi connectivity index (χ4n) is 4.04. The van der Waals surface area contributed by atoms with E-state index in [2.05, 4.69) is 23.6 Å². The van der Waals surface area contributed by atoms with Gasteiger partial charge in [-0.2, -0.15) is 0 Å². The third-order valence-electron chi connectivity index (χ3n) is 5.89.